The zero-order chi connectivity index (χ0) is 8.89. The molecule has 2 nitrogen and oxygen atoms in total. The Hall–Kier alpha value is -0.340. The monoisotopic (exact) mass is 179 g/mol. The van der Waals surface area contributed by atoms with Gasteiger partial charge in [0.25, 0.3) is 0 Å². The summed E-state index contributed by atoms with van der Waals surface area (Å²) < 4.78 is 6.15. The Balaban J connectivity index is 1.65. The highest BCUT2D eigenvalue weighted by atomic mass is 16.5. The second-order valence-corrected chi connectivity index (χ2v) is 4.99. The van der Waals surface area contributed by atoms with Crippen molar-refractivity contribution in [2.75, 3.05) is 13.1 Å². The van der Waals surface area contributed by atoms with E-state index in [0.29, 0.717) is 6.10 Å². The largest absolute Gasteiger partial charge is 0.369 e. The van der Waals surface area contributed by atoms with Crippen LogP contribution in [0.25, 0.3) is 0 Å². The zero-order valence-corrected chi connectivity index (χ0v) is 8.12. The first-order chi connectivity index (χ1) is 6.25. The van der Waals surface area contributed by atoms with E-state index in [9.17, 15) is 0 Å². The summed E-state index contributed by atoms with van der Waals surface area (Å²) in [6.07, 6.45) is 7.84. The molecule has 3 aliphatic rings. The summed E-state index contributed by atoms with van der Waals surface area (Å²) in [6.45, 7) is 4.29. The molecular weight excluding hydrogens is 162 g/mol. The minimum atomic E-state index is 0.142. The van der Waals surface area contributed by atoms with E-state index in [1.807, 2.05) is 0 Å². The number of fused-ring (bicyclic) bond motifs is 2. The van der Waals surface area contributed by atoms with Crippen molar-refractivity contribution in [2.45, 2.75) is 31.5 Å². The molecule has 0 aromatic rings. The van der Waals surface area contributed by atoms with Gasteiger partial charge >= 0.3 is 0 Å². The molecule has 0 spiro atoms. The fourth-order valence-electron chi connectivity index (χ4n) is 2.79. The minimum Gasteiger partial charge on any atom is -0.369 e. The Bertz CT molecular complexity index is 244. The molecule has 0 aromatic heterocycles. The Morgan fingerprint density at radius 3 is 2.62 bits per heavy atom. The van der Waals surface area contributed by atoms with Gasteiger partial charge in [0.2, 0.25) is 0 Å². The van der Waals surface area contributed by atoms with Crippen molar-refractivity contribution in [2.24, 2.45) is 11.8 Å². The molecule has 2 bridgehead atoms. The Morgan fingerprint density at radius 2 is 2.15 bits per heavy atom. The highest BCUT2D eigenvalue weighted by Gasteiger charge is 2.42. The fraction of sp³-hybridized carbons (Fsp3) is 0.818. The van der Waals surface area contributed by atoms with E-state index in [2.05, 4.69) is 24.4 Å². The molecule has 3 rings (SSSR count). The van der Waals surface area contributed by atoms with Gasteiger partial charge in [-0.3, -0.25) is 0 Å². The topological polar surface area (TPSA) is 21.3 Å². The first-order valence-electron chi connectivity index (χ1n) is 5.32. The fourth-order valence-corrected chi connectivity index (χ4v) is 2.79. The van der Waals surface area contributed by atoms with Gasteiger partial charge < -0.3 is 10.1 Å². The summed E-state index contributed by atoms with van der Waals surface area (Å²) in [4.78, 5) is 0. The first-order valence-corrected chi connectivity index (χ1v) is 5.32. The number of hydrogen-bond donors (Lipinski definition) is 1. The lowest BCUT2D eigenvalue weighted by Gasteiger charge is -2.42. The Kier molecular flexibility index (Phi) is 1.59. The third-order valence-electron chi connectivity index (χ3n) is 3.65. The van der Waals surface area contributed by atoms with Gasteiger partial charge in [-0.05, 0) is 25.7 Å². The predicted molar refractivity (Wildman–Crippen MR) is 51.5 cm³/mol. The first kappa shape index (κ1) is 8.01. The average molecular weight is 179 g/mol. The van der Waals surface area contributed by atoms with E-state index in [1.165, 1.54) is 12.8 Å². The van der Waals surface area contributed by atoms with Crippen LogP contribution in [0.15, 0.2) is 12.2 Å². The number of ether oxygens (including phenoxy) is 1. The molecule has 1 saturated carbocycles. The SMILES string of the molecule is CC1(OC2CC3C=CC2C3)CNC1. The summed E-state index contributed by atoms with van der Waals surface area (Å²) in [5.41, 5.74) is 0.142. The van der Waals surface area contributed by atoms with Crippen LogP contribution in [0.1, 0.15) is 19.8 Å². The van der Waals surface area contributed by atoms with Crippen LogP contribution in [-0.4, -0.2) is 24.8 Å². The van der Waals surface area contributed by atoms with E-state index in [-0.39, 0.29) is 5.60 Å². The molecule has 0 amide bonds. The summed E-state index contributed by atoms with van der Waals surface area (Å²) in [5, 5.41) is 3.28. The molecule has 1 saturated heterocycles. The van der Waals surface area contributed by atoms with Crippen LogP contribution < -0.4 is 5.32 Å². The van der Waals surface area contributed by atoms with Crippen molar-refractivity contribution in [1.82, 2.24) is 5.32 Å². The maximum absolute atomic E-state index is 6.15. The maximum Gasteiger partial charge on any atom is 0.0905 e. The highest BCUT2D eigenvalue weighted by molar-refractivity contribution is 5.11. The maximum atomic E-state index is 6.15. The standard InChI is InChI=1S/C11H17NO/c1-11(6-12-7-11)13-10-5-8-2-3-9(10)4-8/h2-3,8-10,12H,4-7H2,1H3. The van der Waals surface area contributed by atoms with Crippen LogP contribution in [-0.2, 0) is 4.74 Å². The number of rotatable bonds is 2. The third-order valence-corrected chi connectivity index (χ3v) is 3.65. The molecule has 1 heterocycles. The average Bonchev–Trinajstić information content (AvgIpc) is 2.62. The second kappa shape index (κ2) is 2.58. The van der Waals surface area contributed by atoms with Crippen LogP contribution in [0.2, 0.25) is 0 Å². The lowest BCUT2D eigenvalue weighted by molar-refractivity contribution is -0.118. The van der Waals surface area contributed by atoms with Crippen molar-refractivity contribution in [3.63, 3.8) is 0 Å². The molecule has 1 N–H and O–H groups in total. The lowest BCUT2D eigenvalue weighted by Crippen LogP contribution is -2.60. The van der Waals surface area contributed by atoms with Crippen LogP contribution >= 0.6 is 0 Å². The van der Waals surface area contributed by atoms with Crippen molar-refractivity contribution in [3.8, 4) is 0 Å². The molecular formula is C11H17NO. The van der Waals surface area contributed by atoms with Crippen molar-refractivity contribution in [1.29, 1.82) is 0 Å². The Labute approximate surface area is 79.3 Å². The highest BCUT2D eigenvalue weighted by Crippen LogP contribution is 2.42. The van der Waals surface area contributed by atoms with Gasteiger partial charge in [-0.25, -0.2) is 0 Å². The number of hydrogen-bond acceptors (Lipinski definition) is 2. The summed E-state index contributed by atoms with van der Waals surface area (Å²) in [7, 11) is 0. The van der Waals surface area contributed by atoms with Gasteiger partial charge in [-0.15, -0.1) is 0 Å². The molecule has 2 aliphatic carbocycles. The smallest absolute Gasteiger partial charge is 0.0905 e. The van der Waals surface area contributed by atoms with Gasteiger partial charge in [-0.2, -0.15) is 0 Å². The Morgan fingerprint density at radius 1 is 1.31 bits per heavy atom. The van der Waals surface area contributed by atoms with E-state index < -0.39 is 0 Å². The molecule has 72 valence electrons. The van der Waals surface area contributed by atoms with Crippen molar-refractivity contribution < 1.29 is 4.74 Å². The van der Waals surface area contributed by atoms with Crippen molar-refractivity contribution in [3.05, 3.63) is 12.2 Å². The summed E-state index contributed by atoms with van der Waals surface area (Å²) in [5.74, 6) is 1.55. The van der Waals surface area contributed by atoms with Crippen LogP contribution in [0.4, 0.5) is 0 Å². The summed E-state index contributed by atoms with van der Waals surface area (Å²) in [6, 6.07) is 0. The van der Waals surface area contributed by atoms with E-state index >= 15 is 0 Å². The number of nitrogens with one attached hydrogen (secondary N) is 1. The van der Waals surface area contributed by atoms with Gasteiger partial charge in [0.05, 0.1) is 11.7 Å². The van der Waals surface area contributed by atoms with Crippen LogP contribution in [0.5, 0.6) is 0 Å². The molecule has 0 aromatic carbocycles. The second-order valence-electron chi connectivity index (χ2n) is 4.99. The summed E-state index contributed by atoms with van der Waals surface area (Å²) >= 11 is 0. The van der Waals surface area contributed by atoms with E-state index in [4.69, 9.17) is 4.74 Å². The molecule has 1 aliphatic heterocycles. The third kappa shape index (κ3) is 1.24. The van der Waals surface area contributed by atoms with E-state index in [0.717, 1.165) is 24.9 Å². The molecule has 13 heavy (non-hydrogen) atoms. The molecule has 3 atom stereocenters. The van der Waals surface area contributed by atoms with Gasteiger partial charge in [0.1, 0.15) is 0 Å². The quantitative estimate of drug-likeness (QED) is 0.646. The molecule has 0 radical (unpaired) electrons. The zero-order valence-electron chi connectivity index (χ0n) is 8.12. The van der Waals surface area contributed by atoms with E-state index in [1.54, 1.807) is 0 Å². The molecule has 2 heteroatoms. The number of allylic oxidation sites excluding steroid dienone is 1. The normalized spacial score (nSPS) is 45.2. The van der Waals surface area contributed by atoms with Crippen LogP contribution in [0, 0.1) is 11.8 Å². The minimum absolute atomic E-state index is 0.142. The molecule has 2 fully saturated rings. The van der Waals surface area contributed by atoms with Gasteiger partial charge in [-0.1, -0.05) is 12.2 Å². The lowest BCUT2D eigenvalue weighted by atomic mass is 9.97. The van der Waals surface area contributed by atoms with Crippen molar-refractivity contribution >= 4 is 0 Å². The predicted octanol–water partition coefficient (Wildman–Crippen LogP) is 1.33. The molecule has 3 unspecified atom stereocenters. The van der Waals surface area contributed by atoms with Gasteiger partial charge in [0.15, 0.2) is 0 Å². The van der Waals surface area contributed by atoms with Gasteiger partial charge in [0, 0.05) is 19.0 Å². The van der Waals surface area contributed by atoms with Crippen LogP contribution in [0.3, 0.4) is 0 Å².